The Morgan fingerprint density at radius 1 is 1.05 bits per heavy atom. The van der Waals surface area contributed by atoms with Gasteiger partial charge in [-0.25, -0.2) is 0 Å². The van der Waals surface area contributed by atoms with Crippen molar-refractivity contribution in [2.24, 2.45) is 5.92 Å². The number of ether oxygens (including phenoxy) is 1. The second-order valence-electron chi connectivity index (χ2n) is 5.19. The van der Waals surface area contributed by atoms with Crippen LogP contribution in [-0.4, -0.2) is 10.9 Å². The van der Waals surface area contributed by atoms with Gasteiger partial charge in [-0.15, -0.1) is 23.2 Å². The van der Waals surface area contributed by atoms with Crippen LogP contribution in [0.25, 0.3) is 11.1 Å². The van der Waals surface area contributed by atoms with E-state index in [0.717, 1.165) is 23.3 Å². The summed E-state index contributed by atoms with van der Waals surface area (Å²) < 4.78 is 5.09. The van der Waals surface area contributed by atoms with Crippen molar-refractivity contribution in [3.63, 3.8) is 0 Å². The zero-order valence-electron chi connectivity index (χ0n) is 11.2. The number of nitriles is 1. The van der Waals surface area contributed by atoms with Gasteiger partial charge in [-0.2, -0.15) is 5.26 Å². The Hall–Kier alpha value is -1.69. The number of alkyl halides is 2. The quantitative estimate of drug-likeness (QED) is 0.759. The van der Waals surface area contributed by atoms with Crippen LogP contribution in [0, 0.1) is 17.2 Å². The van der Waals surface area contributed by atoms with Gasteiger partial charge in [-0.05, 0) is 41.8 Å². The van der Waals surface area contributed by atoms with Gasteiger partial charge in [0.2, 0.25) is 0 Å². The fourth-order valence-electron chi connectivity index (χ4n) is 2.13. The maximum atomic E-state index is 8.80. The second kappa shape index (κ2) is 5.60. The normalized spacial score (nSPS) is 18.8. The summed E-state index contributed by atoms with van der Waals surface area (Å²) in [5, 5.41) is 8.80. The summed E-state index contributed by atoms with van der Waals surface area (Å²) in [5.74, 6) is 1.03. The Morgan fingerprint density at radius 2 is 1.57 bits per heavy atom. The van der Waals surface area contributed by atoms with Gasteiger partial charge >= 0.3 is 0 Å². The van der Waals surface area contributed by atoms with E-state index in [4.69, 9.17) is 33.2 Å². The number of hydrogen-bond acceptors (Lipinski definition) is 2. The van der Waals surface area contributed by atoms with E-state index >= 15 is 0 Å². The number of hydrogen-bond donors (Lipinski definition) is 0. The summed E-state index contributed by atoms with van der Waals surface area (Å²) in [7, 11) is 0. The molecule has 1 fully saturated rings. The molecule has 0 heterocycles. The Morgan fingerprint density at radius 3 is 2.05 bits per heavy atom. The standard InChI is InChI=1S/C17H13Cl2NO/c18-17(19)9-15(17)11-21-16-7-5-14(6-8-16)13-3-1-12(10-20)2-4-13/h1-8,15H,9,11H2. The van der Waals surface area contributed by atoms with Gasteiger partial charge in [0, 0.05) is 5.92 Å². The van der Waals surface area contributed by atoms with Crippen molar-refractivity contribution in [2.45, 2.75) is 10.8 Å². The summed E-state index contributed by atoms with van der Waals surface area (Å²) in [6.45, 7) is 0.545. The molecule has 1 unspecified atom stereocenters. The molecular formula is C17H13Cl2NO. The van der Waals surface area contributed by atoms with Crippen LogP contribution >= 0.6 is 23.2 Å². The van der Waals surface area contributed by atoms with Crippen molar-refractivity contribution in [3.05, 3.63) is 54.1 Å². The Kier molecular flexibility index (Phi) is 3.80. The predicted molar refractivity (Wildman–Crippen MR) is 84.6 cm³/mol. The van der Waals surface area contributed by atoms with Crippen molar-refractivity contribution >= 4 is 23.2 Å². The molecule has 2 nitrogen and oxygen atoms in total. The molecule has 0 aromatic heterocycles. The average Bonchev–Trinajstić information content (AvgIpc) is 3.13. The van der Waals surface area contributed by atoms with Crippen molar-refractivity contribution in [2.75, 3.05) is 6.61 Å². The minimum absolute atomic E-state index is 0.221. The van der Waals surface area contributed by atoms with Crippen LogP contribution in [0.4, 0.5) is 0 Å². The lowest BCUT2D eigenvalue weighted by Gasteiger charge is -2.07. The third-order valence-corrected chi connectivity index (χ3v) is 4.53. The van der Waals surface area contributed by atoms with Gasteiger partial charge in [0.25, 0.3) is 0 Å². The van der Waals surface area contributed by atoms with Crippen molar-refractivity contribution < 1.29 is 4.74 Å². The Balaban J connectivity index is 1.64. The van der Waals surface area contributed by atoms with Crippen molar-refractivity contribution in [1.29, 1.82) is 5.26 Å². The minimum atomic E-state index is -0.595. The summed E-state index contributed by atoms with van der Waals surface area (Å²) in [6, 6.07) is 17.5. The highest BCUT2D eigenvalue weighted by molar-refractivity contribution is 6.50. The Labute approximate surface area is 133 Å². The maximum absolute atomic E-state index is 8.80. The largest absolute Gasteiger partial charge is 0.493 e. The number of halogens is 2. The van der Waals surface area contributed by atoms with E-state index in [0.29, 0.717) is 12.2 Å². The number of rotatable bonds is 4. The smallest absolute Gasteiger partial charge is 0.125 e. The van der Waals surface area contributed by atoms with E-state index < -0.39 is 4.33 Å². The van der Waals surface area contributed by atoms with Crippen LogP contribution in [0.5, 0.6) is 5.75 Å². The molecule has 2 aromatic rings. The molecule has 0 amide bonds. The first kappa shape index (κ1) is 14.3. The van der Waals surface area contributed by atoms with Crippen LogP contribution < -0.4 is 4.74 Å². The molecule has 0 aliphatic heterocycles. The molecule has 0 spiro atoms. The SMILES string of the molecule is N#Cc1ccc(-c2ccc(OCC3CC3(Cl)Cl)cc2)cc1. The van der Waals surface area contributed by atoms with E-state index in [-0.39, 0.29) is 5.92 Å². The second-order valence-corrected chi connectivity index (χ2v) is 6.73. The fourth-order valence-corrected chi connectivity index (χ4v) is 2.63. The van der Waals surface area contributed by atoms with E-state index in [1.54, 1.807) is 0 Å². The summed E-state index contributed by atoms with van der Waals surface area (Å²) in [6.07, 6.45) is 0.791. The predicted octanol–water partition coefficient (Wildman–Crippen LogP) is 4.80. The zero-order valence-corrected chi connectivity index (χ0v) is 12.7. The van der Waals surface area contributed by atoms with Gasteiger partial charge in [0.15, 0.2) is 0 Å². The van der Waals surface area contributed by atoms with Gasteiger partial charge < -0.3 is 4.74 Å². The number of nitrogens with zero attached hydrogens (tertiary/aromatic N) is 1. The highest BCUT2D eigenvalue weighted by atomic mass is 35.5. The summed E-state index contributed by atoms with van der Waals surface area (Å²) in [4.78, 5) is 0. The molecular weight excluding hydrogens is 305 g/mol. The molecule has 1 aliphatic rings. The van der Waals surface area contributed by atoms with Gasteiger partial charge in [-0.3, -0.25) is 0 Å². The monoisotopic (exact) mass is 317 g/mol. The minimum Gasteiger partial charge on any atom is -0.493 e. The lowest BCUT2D eigenvalue weighted by Crippen LogP contribution is -2.04. The molecule has 0 radical (unpaired) electrons. The zero-order chi connectivity index (χ0) is 14.9. The molecule has 0 saturated heterocycles. The first-order valence-electron chi connectivity index (χ1n) is 6.70. The molecule has 1 atom stereocenters. The van der Waals surface area contributed by atoms with Crippen LogP contribution in [0.15, 0.2) is 48.5 Å². The topological polar surface area (TPSA) is 33.0 Å². The molecule has 0 bridgehead atoms. The first-order chi connectivity index (χ1) is 10.1. The van der Waals surface area contributed by atoms with E-state index in [1.165, 1.54) is 0 Å². The van der Waals surface area contributed by atoms with Crippen LogP contribution in [0.1, 0.15) is 12.0 Å². The average molecular weight is 318 g/mol. The summed E-state index contributed by atoms with van der Waals surface area (Å²) >= 11 is 11.9. The third-order valence-electron chi connectivity index (χ3n) is 3.61. The van der Waals surface area contributed by atoms with Crippen molar-refractivity contribution in [1.82, 2.24) is 0 Å². The van der Waals surface area contributed by atoms with Gasteiger partial charge in [-0.1, -0.05) is 24.3 Å². The first-order valence-corrected chi connectivity index (χ1v) is 7.45. The molecule has 2 aromatic carbocycles. The van der Waals surface area contributed by atoms with E-state index in [1.807, 2.05) is 48.5 Å². The number of benzene rings is 2. The maximum Gasteiger partial charge on any atom is 0.125 e. The summed E-state index contributed by atoms with van der Waals surface area (Å²) in [5.41, 5.74) is 2.82. The van der Waals surface area contributed by atoms with Crippen LogP contribution in [0.2, 0.25) is 0 Å². The fraction of sp³-hybridized carbons (Fsp3) is 0.235. The molecule has 106 valence electrons. The molecule has 3 rings (SSSR count). The molecule has 1 saturated carbocycles. The molecule has 4 heteroatoms. The Bertz CT molecular complexity index is 671. The van der Waals surface area contributed by atoms with Crippen LogP contribution in [0.3, 0.4) is 0 Å². The van der Waals surface area contributed by atoms with Gasteiger partial charge in [0.05, 0.1) is 18.2 Å². The van der Waals surface area contributed by atoms with Crippen LogP contribution in [-0.2, 0) is 0 Å². The lowest BCUT2D eigenvalue weighted by molar-refractivity contribution is 0.298. The third kappa shape index (κ3) is 3.32. The van der Waals surface area contributed by atoms with Gasteiger partial charge in [0.1, 0.15) is 10.1 Å². The molecule has 0 N–H and O–H groups in total. The molecule has 1 aliphatic carbocycles. The highest BCUT2D eigenvalue weighted by Crippen LogP contribution is 2.53. The molecule has 21 heavy (non-hydrogen) atoms. The highest BCUT2D eigenvalue weighted by Gasteiger charge is 2.52. The van der Waals surface area contributed by atoms with Crippen molar-refractivity contribution in [3.8, 4) is 22.9 Å². The van der Waals surface area contributed by atoms with E-state index in [2.05, 4.69) is 6.07 Å². The van der Waals surface area contributed by atoms with E-state index in [9.17, 15) is 0 Å². The lowest BCUT2D eigenvalue weighted by atomic mass is 10.0.